The van der Waals surface area contributed by atoms with E-state index in [-0.39, 0.29) is 11.8 Å². The zero-order chi connectivity index (χ0) is 24.9. The molecule has 1 amide bonds. The minimum absolute atomic E-state index is 0.126. The summed E-state index contributed by atoms with van der Waals surface area (Å²) in [5.41, 5.74) is 5.16. The summed E-state index contributed by atoms with van der Waals surface area (Å²) in [7, 11) is 0. The maximum Gasteiger partial charge on any atom is 0.251 e. The van der Waals surface area contributed by atoms with Crippen molar-refractivity contribution in [1.82, 2.24) is 19.9 Å². The van der Waals surface area contributed by atoms with Crippen LogP contribution in [0.4, 0.5) is 0 Å². The van der Waals surface area contributed by atoms with E-state index in [0.717, 1.165) is 26.7 Å². The van der Waals surface area contributed by atoms with E-state index < -0.39 is 0 Å². The Hall–Kier alpha value is -2.80. The fourth-order valence-corrected chi connectivity index (χ4v) is 6.08. The number of pyridine rings is 2. The van der Waals surface area contributed by atoms with Gasteiger partial charge in [-0.05, 0) is 72.0 Å². The lowest BCUT2D eigenvalue weighted by Crippen LogP contribution is -2.23. The lowest BCUT2D eigenvalue weighted by atomic mass is 10.0. The van der Waals surface area contributed by atoms with Crippen LogP contribution in [0.3, 0.4) is 0 Å². The zero-order valence-electron chi connectivity index (χ0n) is 19.8. The summed E-state index contributed by atoms with van der Waals surface area (Å²) in [6.45, 7) is 7.57. The molecule has 180 valence electrons. The maximum absolute atomic E-state index is 12.8. The smallest absolute Gasteiger partial charge is 0.251 e. The average Bonchev–Trinajstić information content (AvgIpc) is 3.08. The molecule has 0 fully saturated rings. The molecule has 0 spiro atoms. The minimum atomic E-state index is -0.126. The number of nitrogens with zero attached hydrogens (tertiary/aromatic N) is 3. The lowest BCUT2D eigenvalue weighted by molar-refractivity contribution is 0.0950. The first kappa shape index (κ1) is 25.3. The molecule has 0 unspecified atom stereocenters. The van der Waals surface area contributed by atoms with Crippen molar-refractivity contribution in [3.8, 4) is 0 Å². The van der Waals surface area contributed by atoms with E-state index in [4.69, 9.17) is 23.2 Å². The Kier molecular flexibility index (Phi) is 8.16. The van der Waals surface area contributed by atoms with E-state index >= 15 is 0 Å². The standard InChI is InChI=1S/C27H26Cl2N4OS/c1-17(2)25-24(15-32-26(34)20-6-10-31-11-7-20)18(3)33(16-19-4-8-30-9-5-19)27(25)35-23-13-21(28)12-22(29)14-23/h4-14,17H,15-16H2,1-3H3,(H,32,34). The fourth-order valence-electron chi connectivity index (χ4n) is 4.05. The second-order valence-electron chi connectivity index (χ2n) is 8.50. The first-order chi connectivity index (χ1) is 16.8. The van der Waals surface area contributed by atoms with Gasteiger partial charge in [-0.3, -0.25) is 14.8 Å². The van der Waals surface area contributed by atoms with Gasteiger partial charge in [-0.25, -0.2) is 0 Å². The van der Waals surface area contributed by atoms with Gasteiger partial charge in [-0.1, -0.05) is 48.8 Å². The van der Waals surface area contributed by atoms with Gasteiger partial charge in [0.1, 0.15) is 0 Å². The first-order valence-corrected chi connectivity index (χ1v) is 12.8. The molecular formula is C27H26Cl2N4OS. The summed E-state index contributed by atoms with van der Waals surface area (Å²) in [6, 6.07) is 13.0. The Morgan fingerprint density at radius 2 is 1.60 bits per heavy atom. The summed E-state index contributed by atoms with van der Waals surface area (Å²) in [5.74, 6) is 0.108. The first-order valence-electron chi connectivity index (χ1n) is 11.3. The van der Waals surface area contributed by atoms with E-state index in [1.54, 1.807) is 54.7 Å². The predicted octanol–water partition coefficient (Wildman–Crippen LogP) is 7.15. The molecule has 5 nitrogen and oxygen atoms in total. The van der Waals surface area contributed by atoms with Crippen LogP contribution in [0.2, 0.25) is 10.0 Å². The van der Waals surface area contributed by atoms with Crippen LogP contribution < -0.4 is 5.32 Å². The topological polar surface area (TPSA) is 59.8 Å². The molecule has 0 atom stereocenters. The molecule has 3 aromatic heterocycles. The van der Waals surface area contributed by atoms with Gasteiger partial charge < -0.3 is 9.88 Å². The van der Waals surface area contributed by atoms with Gasteiger partial charge in [-0.2, -0.15) is 0 Å². The summed E-state index contributed by atoms with van der Waals surface area (Å²) in [5, 5.41) is 5.40. The molecular weight excluding hydrogens is 499 g/mol. The molecule has 0 saturated heterocycles. The van der Waals surface area contributed by atoms with E-state index in [1.807, 2.05) is 24.3 Å². The van der Waals surface area contributed by atoms with Gasteiger partial charge in [0.2, 0.25) is 0 Å². The summed E-state index contributed by atoms with van der Waals surface area (Å²) >= 11 is 14.2. The van der Waals surface area contributed by atoms with Crippen LogP contribution in [0.15, 0.2) is 77.2 Å². The molecule has 1 N–H and O–H groups in total. The summed E-state index contributed by atoms with van der Waals surface area (Å²) < 4.78 is 2.30. The van der Waals surface area contributed by atoms with Crippen molar-refractivity contribution in [2.75, 3.05) is 0 Å². The number of nitrogens with one attached hydrogen (secondary N) is 1. The molecule has 8 heteroatoms. The second-order valence-corrected chi connectivity index (χ2v) is 10.4. The molecule has 0 radical (unpaired) electrons. The highest BCUT2D eigenvalue weighted by atomic mass is 35.5. The van der Waals surface area contributed by atoms with Gasteiger partial charge in [-0.15, -0.1) is 0 Å². The van der Waals surface area contributed by atoms with Crippen molar-refractivity contribution < 1.29 is 4.79 Å². The number of aromatic nitrogens is 3. The number of halogens is 2. The Morgan fingerprint density at radius 3 is 2.20 bits per heavy atom. The van der Waals surface area contributed by atoms with Gasteiger partial charge in [0.25, 0.3) is 5.91 Å². The molecule has 0 aliphatic carbocycles. The van der Waals surface area contributed by atoms with Crippen LogP contribution in [-0.4, -0.2) is 20.4 Å². The van der Waals surface area contributed by atoms with Crippen molar-refractivity contribution in [2.24, 2.45) is 0 Å². The van der Waals surface area contributed by atoms with Crippen molar-refractivity contribution in [3.05, 3.63) is 105 Å². The van der Waals surface area contributed by atoms with Gasteiger partial charge in [0.15, 0.2) is 0 Å². The number of rotatable bonds is 8. The van der Waals surface area contributed by atoms with E-state index in [1.165, 1.54) is 5.56 Å². The maximum atomic E-state index is 12.8. The van der Waals surface area contributed by atoms with E-state index in [0.29, 0.717) is 28.7 Å². The minimum Gasteiger partial charge on any atom is -0.348 e. The number of hydrogen-bond acceptors (Lipinski definition) is 4. The highest BCUT2D eigenvalue weighted by molar-refractivity contribution is 7.99. The monoisotopic (exact) mass is 524 g/mol. The Morgan fingerprint density at radius 1 is 1.00 bits per heavy atom. The van der Waals surface area contributed by atoms with Crippen LogP contribution in [-0.2, 0) is 13.1 Å². The Bertz CT molecular complexity index is 1300. The molecule has 3 heterocycles. The molecule has 4 aromatic rings. The Labute approximate surface area is 219 Å². The summed E-state index contributed by atoms with van der Waals surface area (Å²) in [4.78, 5) is 21.9. The largest absolute Gasteiger partial charge is 0.348 e. The predicted molar refractivity (Wildman–Crippen MR) is 143 cm³/mol. The molecule has 35 heavy (non-hydrogen) atoms. The van der Waals surface area contributed by atoms with E-state index in [9.17, 15) is 4.79 Å². The quantitative estimate of drug-likeness (QED) is 0.266. The third-order valence-electron chi connectivity index (χ3n) is 5.73. The number of carbonyl (C=O) groups excluding carboxylic acids is 1. The Balaban J connectivity index is 1.76. The van der Waals surface area contributed by atoms with Crippen molar-refractivity contribution in [1.29, 1.82) is 0 Å². The number of amides is 1. The molecule has 0 aliphatic heterocycles. The van der Waals surface area contributed by atoms with Crippen LogP contribution in [0.5, 0.6) is 0 Å². The SMILES string of the molecule is Cc1c(CNC(=O)c2ccncc2)c(C(C)C)c(Sc2cc(Cl)cc(Cl)c2)n1Cc1ccncc1. The molecule has 0 aliphatic rings. The molecule has 0 saturated carbocycles. The number of benzene rings is 1. The highest BCUT2D eigenvalue weighted by Gasteiger charge is 2.24. The van der Waals surface area contributed by atoms with Crippen LogP contribution in [0.25, 0.3) is 0 Å². The third kappa shape index (κ3) is 6.07. The average molecular weight is 526 g/mol. The van der Waals surface area contributed by atoms with Crippen LogP contribution >= 0.6 is 35.0 Å². The highest BCUT2D eigenvalue weighted by Crippen LogP contribution is 2.41. The molecule has 0 bridgehead atoms. The normalized spacial score (nSPS) is 11.1. The summed E-state index contributed by atoms with van der Waals surface area (Å²) in [6.07, 6.45) is 6.85. The van der Waals surface area contributed by atoms with Crippen molar-refractivity contribution in [3.63, 3.8) is 0 Å². The van der Waals surface area contributed by atoms with Crippen LogP contribution in [0, 0.1) is 6.92 Å². The van der Waals surface area contributed by atoms with Crippen molar-refractivity contribution in [2.45, 2.75) is 49.7 Å². The van der Waals surface area contributed by atoms with Gasteiger partial charge >= 0.3 is 0 Å². The van der Waals surface area contributed by atoms with Crippen molar-refractivity contribution >= 4 is 40.9 Å². The molecule has 4 rings (SSSR count). The van der Waals surface area contributed by atoms with Gasteiger partial charge in [0.05, 0.1) is 5.03 Å². The number of carbonyl (C=O) groups is 1. The number of hydrogen-bond donors (Lipinski definition) is 1. The van der Waals surface area contributed by atoms with Crippen LogP contribution in [0.1, 0.15) is 52.5 Å². The lowest BCUT2D eigenvalue weighted by Gasteiger charge is -2.15. The van der Waals surface area contributed by atoms with Gasteiger partial charge in [0, 0.05) is 64.1 Å². The third-order valence-corrected chi connectivity index (χ3v) is 7.27. The fraction of sp³-hybridized carbons (Fsp3) is 0.222. The second kappa shape index (κ2) is 11.3. The molecule has 1 aromatic carbocycles. The van der Waals surface area contributed by atoms with E-state index in [2.05, 4.69) is 40.6 Å². The zero-order valence-corrected chi connectivity index (χ0v) is 22.1.